The molecule has 0 fully saturated rings. The topological polar surface area (TPSA) is 92.6 Å². The summed E-state index contributed by atoms with van der Waals surface area (Å²) in [6.45, 7) is 1.63. The minimum Gasteiger partial charge on any atom is -0.482 e. The Morgan fingerprint density at radius 2 is 2.07 bits per heavy atom. The third-order valence-electron chi connectivity index (χ3n) is 3.04. The highest BCUT2D eigenvalue weighted by molar-refractivity contribution is 9.11. The van der Waals surface area contributed by atoms with Gasteiger partial charge in [-0.15, -0.1) is 0 Å². The number of ether oxygens (including phenoxy) is 1. The zero-order valence-corrected chi connectivity index (χ0v) is 18.0. The Morgan fingerprint density at radius 1 is 1.30 bits per heavy atom. The molecule has 0 aliphatic heterocycles. The Hall–Kier alpha value is -2.17. The molecule has 2 amide bonds. The second-order valence-corrected chi connectivity index (χ2v) is 7.34. The van der Waals surface area contributed by atoms with Gasteiger partial charge in [-0.1, -0.05) is 15.9 Å². The molecule has 27 heavy (non-hydrogen) atoms. The highest BCUT2D eigenvalue weighted by Crippen LogP contribution is 2.32. The zero-order valence-electron chi connectivity index (χ0n) is 14.0. The average Bonchev–Trinajstić information content (AvgIpc) is 3.10. The van der Waals surface area contributed by atoms with E-state index in [4.69, 9.17) is 21.4 Å². The van der Waals surface area contributed by atoms with Gasteiger partial charge in [-0.05, 0) is 71.0 Å². The van der Waals surface area contributed by atoms with Gasteiger partial charge in [0.1, 0.15) is 11.5 Å². The van der Waals surface area contributed by atoms with E-state index < -0.39 is 11.8 Å². The van der Waals surface area contributed by atoms with Crippen molar-refractivity contribution in [1.82, 2.24) is 16.2 Å². The Balaban J connectivity index is 1.73. The number of carbonyl (C=O) groups is 2. The molecule has 7 nitrogen and oxygen atoms in total. The van der Waals surface area contributed by atoms with Gasteiger partial charge in [-0.25, -0.2) is 0 Å². The third-order valence-corrected chi connectivity index (χ3v) is 4.29. The summed E-state index contributed by atoms with van der Waals surface area (Å²) in [6, 6.07) is 7.10. The SMILES string of the molecule is Cc1cc(Br)cc(Br)c1OCC(=O)NNC(=S)NC(=O)C=Cc1ccco1. The standard InChI is InChI=1S/C17H15Br2N3O4S/c1-10-7-11(18)8-13(19)16(10)26-9-15(24)21-22-17(27)20-14(23)5-4-12-3-2-6-25-12/h2-8H,9H2,1H3,(H,21,24)(H2,20,22,23,27). The van der Waals surface area contributed by atoms with Gasteiger partial charge in [-0.2, -0.15) is 0 Å². The summed E-state index contributed by atoms with van der Waals surface area (Å²) in [5.74, 6) is 0.159. The number of benzene rings is 1. The minimum atomic E-state index is -0.469. The number of hydrazine groups is 1. The lowest BCUT2D eigenvalue weighted by molar-refractivity contribution is -0.123. The number of hydrogen-bond donors (Lipinski definition) is 3. The second-order valence-electron chi connectivity index (χ2n) is 5.16. The number of aryl methyl sites for hydroxylation is 1. The predicted molar refractivity (Wildman–Crippen MR) is 112 cm³/mol. The molecule has 2 rings (SSSR count). The van der Waals surface area contributed by atoms with E-state index in [9.17, 15) is 9.59 Å². The van der Waals surface area contributed by atoms with E-state index in [1.807, 2.05) is 19.1 Å². The fourth-order valence-electron chi connectivity index (χ4n) is 1.90. The van der Waals surface area contributed by atoms with E-state index in [0.29, 0.717) is 11.5 Å². The van der Waals surface area contributed by atoms with Crippen LogP contribution in [0.15, 0.2) is 50.0 Å². The maximum Gasteiger partial charge on any atom is 0.276 e. The fourth-order valence-corrected chi connectivity index (χ4v) is 3.61. The van der Waals surface area contributed by atoms with E-state index in [0.717, 1.165) is 14.5 Å². The van der Waals surface area contributed by atoms with Crippen LogP contribution in [0, 0.1) is 6.92 Å². The zero-order chi connectivity index (χ0) is 19.8. The van der Waals surface area contributed by atoms with Crippen molar-refractivity contribution in [2.75, 3.05) is 6.61 Å². The van der Waals surface area contributed by atoms with Crippen molar-refractivity contribution >= 4 is 67.1 Å². The van der Waals surface area contributed by atoms with Gasteiger partial charge in [0.2, 0.25) is 5.91 Å². The summed E-state index contributed by atoms with van der Waals surface area (Å²) in [7, 11) is 0. The van der Waals surface area contributed by atoms with Crippen molar-refractivity contribution in [3.05, 3.63) is 56.9 Å². The Kier molecular flexibility index (Phi) is 8.01. The van der Waals surface area contributed by atoms with Crippen LogP contribution in [-0.2, 0) is 9.59 Å². The monoisotopic (exact) mass is 515 g/mol. The number of nitrogens with one attached hydrogen (secondary N) is 3. The van der Waals surface area contributed by atoms with Gasteiger partial charge in [0.25, 0.3) is 5.91 Å². The molecular weight excluding hydrogens is 502 g/mol. The van der Waals surface area contributed by atoms with Crippen LogP contribution in [0.3, 0.4) is 0 Å². The molecule has 0 saturated heterocycles. The van der Waals surface area contributed by atoms with E-state index in [2.05, 4.69) is 48.0 Å². The molecule has 0 unspecified atom stereocenters. The Morgan fingerprint density at radius 3 is 2.74 bits per heavy atom. The summed E-state index contributed by atoms with van der Waals surface area (Å²) in [5.41, 5.74) is 5.63. The van der Waals surface area contributed by atoms with Crippen molar-refractivity contribution in [2.45, 2.75) is 6.92 Å². The minimum absolute atomic E-state index is 0.0570. The summed E-state index contributed by atoms with van der Waals surface area (Å²) in [4.78, 5) is 23.5. The molecule has 1 aromatic heterocycles. The highest BCUT2D eigenvalue weighted by atomic mass is 79.9. The number of hydrogen-bond acceptors (Lipinski definition) is 5. The van der Waals surface area contributed by atoms with Gasteiger partial charge < -0.3 is 9.15 Å². The van der Waals surface area contributed by atoms with E-state index in [1.165, 1.54) is 18.4 Å². The van der Waals surface area contributed by atoms with Crippen molar-refractivity contribution < 1.29 is 18.7 Å². The Labute approximate surface area is 177 Å². The summed E-state index contributed by atoms with van der Waals surface area (Å²) in [5, 5.41) is 2.32. The first-order chi connectivity index (χ1) is 12.8. The molecule has 0 spiro atoms. The smallest absolute Gasteiger partial charge is 0.276 e. The molecule has 0 bridgehead atoms. The normalized spacial score (nSPS) is 10.5. The lowest BCUT2D eigenvalue weighted by Crippen LogP contribution is -2.49. The summed E-state index contributed by atoms with van der Waals surface area (Å²) < 4.78 is 12.2. The molecule has 1 aromatic carbocycles. The van der Waals surface area contributed by atoms with Gasteiger partial charge in [-0.3, -0.25) is 25.8 Å². The maximum absolute atomic E-state index is 11.9. The van der Waals surface area contributed by atoms with E-state index >= 15 is 0 Å². The second kappa shape index (κ2) is 10.2. The summed E-state index contributed by atoms with van der Waals surface area (Å²) in [6.07, 6.45) is 4.24. The molecule has 2 aromatic rings. The van der Waals surface area contributed by atoms with Crippen LogP contribution in [-0.4, -0.2) is 23.5 Å². The molecule has 142 valence electrons. The first-order valence-corrected chi connectivity index (χ1v) is 9.54. The van der Waals surface area contributed by atoms with Gasteiger partial charge in [0.15, 0.2) is 11.7 Å². The van der Waals surface area contributed by atoms with Crippen LogP contribution in [0.5, 0.6) is 5.75 Å². The number of furan rings is 1. The number of halogens is 2. The van der Waals surface area contributed by atoms with Crippen LogP contribution < -0.4 is 20.9 Å². The molecule has 0 saturated carbocycles. The summed E-state index contributed by atoms with van der Waals surface area (Å²) >= 11 is 11.7. The average molecular weight is 517 g/mol. The van der Waals surface area contributed by atoms with E-state index in [-0.39, 0.29) is 11.7 Å². The van der Waals surface area contributed by atoms with Gasteiger partial charge in [0.05, 0.1) is 10.7 Å². The molecule has 0 aliphatic rings. The quantitative estimate of drug-likeness (QED) is 0.321. The predicted octanol–water partition coefficient (Wildman–Crippen LogP) is 3.23. The lowest BCUT2D eigenvalue weighted by Gasteiger charge is -2.13. The van der Waals surface area contributed by atoms with E-state index in [1.54, 1.807) is 12.1 Å². The molecule has 3 N–H and O–H groups in total. The third kappa shape index (κ3) is 7.16. The van der Waals surface area contributed by atoms with Crippen LogP contribution in [0.25, 0.3) is 6.08 Å². The number of rotatable bonds is 5. The Bertz CT molecular complexity index is 846. The van der Waals surface area contributed by atoms with Crippen molar-refractivity contribution in [3.63, 3.8) is 0 Å². The first-order valence-electron chi connectivity index (χ1n) is 7.55. The van der Waals surface area contributed by atoms with Crippen molar-refractivity contribution in [2.24, 2.45) is 0 Å². The molecular formula is C17H15Br2N3O4S. The maximum atomic E-state index is 11.9. The molecule has 10 heteroatoms. The van der Waals surface area contributed by atoms with Crippen LogP contribution in [0.4, 0.5) is 0 Å². The largest absolute Gasteiger partial charge is 0.482 e. The van der Waals surface area contributed by atoms with Crippen molar-refractivity contribution in [1.29, 1.82) is 0 Å². The highest BCUT2D eigenvalue weighted by Gasteiger charge is 2.10. The first kappa shape index (κ1) is 21.1. The number of carbonyl (C=O) groups excluding carboxylic acids is 2. The fraction of sp³-hybridized carbons (Fsp3) is 0.118. The van der Waals surface area contributed by atoms with Gasteiger partial charge in [0, 0.05) is 10.5 Å². The number of amides is 2. The van der Waals surface area contributed by atoms with Crippen molar-refractivity contribution in [3.8, 4) is 5.75 Å². The molecule has 0 atom stereocenters. The lowest BCUT2D eigenvalue weighted by atomic mass is 10.2. The van der Waals surface area contributed by atoms with Gasteiger partial charge >= 0.3 is 0 Å². The molecule has 0 radical (unpaired) electrons. The van der Waals surface area contributed by atoms with Crippen LogP contribution in [0.2, 0.25) is 0 Å². The molecule has 0 aliphatic carbocycles. The number of thiocarbonyl (C=S) groups is 1. The molecule has 1 heterocycles. The van der Waals surface area contributed by atoms with Crippen LogP contribution >= 0.6 is 44.1 Å². The van der Waals surface area contributed by atoms with Crippen LogP contribution in [0.1, 0.15) is 11.3 Å².